The Morgan fingerprint density at radius 1 is 1.50 bits per heavy atom. The molecule has 0 aromatic heterocycles. The lowest BCUT2D eigenvalue weighted by atomic mass is 10.2. The van der Waals surface area contributed by atoms with E-state index in [-0.39, 0.29) is 30.2 Å². The van der Waals surface area contributed by atoms with E-state index in [1.54, 1.807) is 14.1 Å². The number of nitrogens with one attached hydrogen (secondary N) is 1. The predicted octanol–water partition coefficient (Wildman–Crippen LogP) is 1.62. The molecule has 1 aromatic carbocycles. The topological polar surface area (TPSA) is 75.5 Å². The van der Waals surface area contributed by atoms with Gasteiger partial charge in [-0.2, -0.15) is 0 Å². The van der Waals surface area contributed by atoms with Crippen molar-refractivity contribution in [2.75, 3.05) is 26.0 Å². The average molecular weight is 255 g/mol. The zero-order valence-electron chi connectivity index (χ0n) is 10.1. The summed E-state index contributed by atoms with van der Waals surface area (Å²) in [6, 6.07) is 3.26. The van der Waals surface area contributed by atoms with Gasteiger partial charge in [-0.1, -0.05) is 0 Å². The highest BCUT2D eigenvalue weighted by Gasteiger charge is 2.14. The molecule has 18 heavy (non-hydrogen) atoms. The molecule has 0 bridgehead atoms. The lowest BCUT2D eigenvalue weighted by Gasteiger charge is -2.11. The summed E-state index contributed by atoms with van der Waals surface area (Å²) in [5, 5.41) is 13.5. The van der Waals surface area contributed by atoms with Crippen LogP contribution in [0.15, 0.2) is 18.2 Å². The molecule has 1 N–H and O–H groups in total. The molecule has 0 saturated heterocycles. The van der Waals surface area contributed by atoms with Crippen molar-refractivity contribution in [3.63, 3.8) is 0 Å². The van der Waals surface area contributed by atoms with E-state index in [0.29, 0.717) is 0 Å². The molecule has 0 saturated carbocycles. The monoisotopic (exact) mass is 255 g/mol. The Morgan fingerprint density at radius 3 is 2.72 bits per heavy atom. The Hall–Kier alpha value is -2.18. The van der Waals surface area contributed by atoms with E-state index >= 15 is 0 Å². The molecule has 0 radical (unpaired) electrons. The van der Waals surface area contributed by atoms with Crippen LogP contribution in [0.1, 0.15) is 6.42 Å². The van der Waals surface area contributed by atoms with Gasteiger partial charge in [0.2, 0.25) is 5.91 Å². The number of rotatable bonds is 5. The second-order valence-electron chi connectivity index (χ2n) is 3.88. The van der Waals surface area contributed by atoms with Gasteiger partial charge in [-0.25, -0.2) is 4.39 Å². The number of hydrogen-bond donors (Lipinski definition) is 1. The number of anilines is 1. The third-order valence-corrected chi connectivity index (χ3v) is 2.31. The number of amides is 1. The number of carbonyl (C=O) groups excluding carboxylic acids is 1. The fourth-order valence-corrected chi connectivity index (χ4v) is 1.33. The van der Waals surface area contributed by atoms with Crippen molar-refractivity contribution in [2.24, 2.45) is 0 Å². The van der Waals surface area contributed by atoms with Crippen molar-refractivity contribution < 1.29 is 14.1 Å². The Kier molecular flexibility index (Phi) is 4.59. The largest absolute Gasteiger partial charge is 0.379 e. The molecule has 1 amide bonds. The minimum Gasteiger partial charge on any atom is -0.379 e. The minimum absolute atomic E-state index is 0.0905. The van der Waals surface area contributed by atoms with Crippen molar-refractivity contribution in [3.8, 4) is 0 Å². The summed E-state index contributed by atoms with van der Waals surface area (Å²) in [6.07, 6.45) is 0.210. The smallest absolute Gasteiger partial charge is 0.295 e. The van der Waals surface area contributed by atoms with E-state index in [0.717, 1.165) is 12.1 Å². The third-order valence-electron chi connectivity index (χ3n) is 2.31. The minimum atomic E-state index is -0.670. The standard InChI is InChI=1S/C11H14FN3O3/c1-14(2)11(16)5-6-13-9-4-3-8(12)7-10(9)15(17)18/h3-4,7,13H,5-6H2,1-2H3. The normalized spacial score (nSPS) is 9.94. The van der Waals surface area contributed by atoms with Gasteiger partial charge in [0.1, 0.15) is 11.5 Å². The zero-order chi connectivity index (χ0) is 13.7. The number of hydrogen-bond acceptors (Lipinski definition) is 4. The number of carbonyl (C=O) groups is 1. The summed E-state index contributed by atoms with van der Waals surface area (Å²) in [4.78, 5) is 22.8. The molecule has 0 atom stereocenters. The maximum Gasteiger partial charge on any atom is 0.295 e. The van der Waals surface area contributed by atoms with Crippen LogP contribution in [0.2, 0.25) is 0 Å². The molecule has 7 heteroatoms. The van der Waals surface area contributed by atoms with Crippen molar-refractivity contribution in [1.29, 1.82) is 0 Å². The summed E-state index contributed by atoms with van der Waals surface area (Å²) in [5.41, 5.74) is -0.139. The van der Waals surface area contributed by atoms with Gasteiger partial charge < -0.3 is 10.2 Å². The van der Waals surface area contributed by atoms with Gasteiger partial charge in [-0.3, -0.25) is 14.9 Å². The molecular formula is C11H14FN3O3. The van der Waals surface area contributed by atoms with Gasteiger partial charge in [-0.15, -0.1) is 0 Å². The highest BCUT2D eigenvalue weighted by Crippen LogP contribution is 2.24. The Bertz CT molecular complexity index is 463. The molecule has 0 aliphatic heterocycles. The summed E-state index contributed by atoms with van der Waals surface area (Å²) in [6.45, 7) is 0.253. The van der Waals surface area contributed by atoms with Crippen LogP contribution < -0.4 is 5.32 Å². The van der Waals surface area contributed by atoms with Gasteiger partial charge in [0.05, 0.1) is 11.0 Å². The van der Waals surface area contributed by atoms with Gasteiger partial charge >= 0.3 is 0 Å². The summed E-state index contributed by atoms with van der Waals surface area (Å²) in [7, 11) is 3.26. The summed E-state index contributed by atoms with van der Waals surface area (Å²) < 4.78 is 12.9. The first-order valence-electron chi connectivity index (χ1n) is 5.30. The molecule has 6 nitrogen and oxygen atoms in total. The molecule has 1 rings (SSSR count). The predicted molar refractivity (Wildman–Crippen MR) is 64.9 cm³/mol. The van der Waals surface area contributed by atoms with Crippen LogP contribution in [0.3, 0.4) is 0 Å². The van der Waals surface area contributed by atoms with E-state index in [4.69, 9.17) is 0 Å². The number of halogens is 1. The lowest BCUT2D eigenvalue weighted by Crippen LogP contribution is -2.24. The molecule has 0 aliphatic rings. The molecular weight excluding hydrogens is 241 g/mol. The lowest BCUT2D eigenvalue weighted by molar-refractivity contribution is -0.384. The number of nitro groups is 1. The molecule has 0 unspecified atom stereocenters. The fourth-order valence-electron chi connectivity index (χ4n) is 1.33. The summed E-state index contributed by atoms with van der Waals surface area (Å²) in [5.74, 6) is -0.760. The van der Waals surface area contributed by atoms with Crippen LogP contribution in [-0.2, 0) is 4.79 Å². The van der Waals surface area contributed by atoms with E-state index < -0.39 is 10.7 Å². The fraction of sp³-hybridized carbons (Fsp3) is 0.364. The molecule has 0 fully saturated rings. The molecule has 0 spiro atoms. The highest BCUT2D eigenvalue weighted by molar-refractivity contribution is 5.76. The Labute approximate surface area is 104 Å². The number of benzene rings is 1. The maximum absolute atomic E-state index is 12.9. The first kappa shape index (κ1) is 13.9. The number of nitro benzene ring substituents is 1. The van der Waals surface area contributed by atoms with Crippen molar-refractivity contribution in [3.05, 3.63) is 34.1 Å². The van der Waals surface area contributed by atoms with Crippen LogP contribution in [0, 0.1) is 15.9 Å². The highest BCUT2D eigenvalue weighted by atomic mass is 19.1. The molecule has 98 valence electrons. The van der Waals surface area contributed by atoms with E-state index in [1.807, 2.05) is 0 Å². The van der Waals surface area contributed by atoms with Crippen LogP contribution in [0.25, 0.3) is 0 Å². The number of nitrogens with zero attached hydrogens (tertiary/aromatic N) is 2. The molecule has 1 aromatic rings. The Balaban J connectivity index is 2.68. The third kappa shape index (κ3) is 3.69. The molecule has 0 heterocycles. The second kappa shape index (κ2) is 5.95. The quantitative estimate of drug-likeness (QED) is 0.640. The Morgan fingerprint density at radius 2 is 2.17 bits per heavy atom. The maximum atomic E-state index is 12.9. The van der Waals surface area contributed by atoms with E-state index in [1.165, 1.54) is 11.0 Å². The van der Waals surface area contributed by atoms with Gasteiger partial charge in [-0.05, 0) is 12.1 Å². The van der Waals surface area contributed by atoms with Crippen LogP contribution >= 0.6 is 0 Å². The van der Waals surface area contributed by atoms with Gasteiger partial charge in [0.15, 0.2) is 0 Å². The van der Waals surface area contributed by atoms with Crippen molar-refractivity contribution in [2.45, 2.75) is 6.42 Å². The summed E-state index contributed by atoms with van der Waals surface area (Å²) >= 11 is 0. The van der Waals surface area contributed by atoms with Crippen molar-refractivity contribution in [1.82, 2.24) is 4.90 Å². The SMILES string of the molecule is CN(C)C(=O)CCNc1ccc(F)cc1[N+](=O)[O-]. The van der Waals surface area contributed by atoms with E-state index in [2.05, 4.69) is 5.32 Å². The molecule has 0 aliphatic carbocycles. The first-order valence-corrected chi connectivity index (χ1v) is 5.30. The first-order chi connectivity index (χ1) is 8.41. The zero-order valence-corrected chi connectivity index (χ0v) is 10.1. The van der Waals surface area contributed by atoms with Crippen molar-refractivity contribution >= 4 is 17.3 Å². The van der Waals surface area contributed by atoms with Gasteiger partial charge in [0.25, 0.3) is 5.69 Å². The average Bonchev–Trinajstić information content (AvgIpc) is 2.30. The second-order valence-corrected chi connectivity index (χ2v) is 3.88. The van der Waals surface area contributed by atoms with Crippen LogP contribution in [-0.4, -0.2) is 36.4 Å². The van der Waals surface area contributed by atoms with Crippen LogP contribution in [0.5, 0.6) is 0 Å². The van der Waals surface area contributed by atoms with E-state index in [9.17, 15) is 19.3 Å². The van der Waals surface area contributed by atoms with Crippen LogP contribution in [0.4, 0.5) is 15.8 Å². The van der Waals surface area contributed by atoms with Gasteiger partial charge in [0, 0.05) is 27.1 Å².